The highest BCUT2D eigenvalue weighted by atomic mass is 79.9. The zero-order valence-electron chi connectivity index (χ0n) is 11.1. The number of carboxylic acid groups (broad SMARTS) is 1. The molecule has 110 valence electrons. The highest BCUT2D eigenvalue weighted by molar-refractivity contribution is 9.10. The van der Waals surface area contributed by atoms with E-state index in [9.17, 15) is 9.59 Å². The summed E-state index contributed by atoms with van der Waals surface area (Å²) in [5.41, 5.74) is 1.13. The molecule has 2 aromatic carbocycles. The average Bonchev–Trinajstić information content (AvgIpc) is 2.49. The van der Waals surface area contributed by atoms with E-state index in [2.05, 4.69) is 31.2 Å². The summed E-state index contributed by atoms with van der Waals surface area (Å²) in [6.45, 7) is 0. The number of benzene rings is 2. The van der Waals surface area contributed by atoms with E-state index in [1.807, 2.05) is 0 Å². The number of hydrogen-bond donors (Lipinski definition) is 3. The summed E-state index contributed by atoms with van der Waals surface area (Å²) < 4.78 is 0.803. The first kappa shape index (κ1) is 14.3. The molecule has 3 rings (SSSR count). The molecule has 0 fully saturated rings. The molecule has 0 spiro atoms. The number of carboxylic acids is 1. The van der Waals surface area contributed by atoms with Crippen molar-refractivity contribution in [2.75, 3.05) is 5.32 Å². The Kier molecular flexibility index (Phi) is 3.64. The second-order valence-corrected chi connectivity index (χ2v) is 5.50. The van der Waals surface area contributed by atoms with Crippen LogP contribution in [0, 0.1) is 0 Å². The SMILES string of the molecule is O=C(O)c1ccc(Nc2nc3ccc(Br)cc3c(=O)[nH]2)cc1. The lowest BCUT2D eigenvalue weighted by molar-refractivity contribution is 0.0697. The minimum atomic E-state index is -0.991. The van der Waals surface area contributed by atoms with Crippen molar-refractivity contribution in [2.45, 2.75) is 0 Å². The highest BCUT2D eigenvalue weighted by Crippen LogP contribution is 2.18. The molecule has 3 N–H and O–H groups in total. The lowest BCUT2D eigenvalue weighted by Gasteiger charge is -2.07. The van der Waals surface area contributed by atoms with Crippen molar-refractivity contribution in [1.29, 1.82) is 0 Å². The fourth-order valence-electron chi connectivity index (χ4n) is 2.00. The molecule has 0 aliphatic rings. The average molecular weight is 360 g/mol. The van der Waals surface area contributed by atoms with E-state index in [-0.39, 0.29) is 11.1 Å². The zero-order chi connectivity index (χ0) is 15.7. The number of aromatic amines is 1. The van der Waals surface area contributed by atoms with Gasteiger partial charge in [0.25, 0.3) is 5.56 Å². The van der Waals surface area contributed by atoms with Gasteiger partial charge in [-0.3, -0.25) is 9.78 Å². The summed E-state index contributed by atoms with van der Waals surface area (Å²) in [5.74, 6) is -0.697. The van der Waals surface area contributed by atoms with Crippen molar-refractivity contribution in [3.63, 3.8) is 0 Å². The lowest BCUT2D eigenvalue weighted by atomic mass is 10.2. The summed E-state index contributed by atoms with van der Waals surface area (Å²) in [7, 11) is 0. The van der Waals surface area contributed by atoms with Crippen LogP contribution in [0.15, 0.2) is 51.7 Å². The molecule has 0 radical (unpaired) electrons. The van der Waals surface area contributed by atoms with Gasteiger partial charge >= 0.3 is 5.97 Å². The van der Waals surface area contributed by atoms with E-state index in [1.54, 1.807) is 30.3 Å². The van der Waals surface area contributed by atoms with E-state index in [1.165, 1.54) is 12.1 Å². The Hall–Kier alpha value is -2.67. The summed E-state index contributed by atoms with van der Waals surface area (Å²) >= 11 is 3.31. The second-order valence-electron chi connectivity index (χ2n) is 4.58. The Bertz CT molecular complexity index is 919. The van der Waals surface area contributed by atoms with E-state index < -0.39 is 5.97 Å². The maximum atomic E-state index is 12.1. The maximum Gasteiger partial charge on any atom is 0.335 e. The Morgan fingerprint density at radius 3 is 2.59 bits per heavy atom. The summed E-state index contributed by atoms with van der Waals surface area (Å²) in [4.78, 5) is 29.8. The van der Waals surface area contributed by atoms with Crippen molar-refractivity contribution in [3.8, 4) is 0 Å². The molecule has 7 heteroatoms. The van der Waals surface area contributed by atoms with Gasteiger partial charge in [0.05, 0.1) is 16.5 Å². The number of nitrogens with one attached hydrogen (secondary N) is 2. The van der Waals surface area contributed by atoms with Crippen LogP contribution in [0.5, 0.6) is 0 Å². The fraction of sp³-hybridized carbons (Fsp3) is 0. The van der Waals surface area contributed by atoms with Gasteiger partial charge in [-0.2, -0.15) is 0 Å². The van der Waals surface area contributed by atoms with Crippen LogP contribution >= 0.6 is 15.9 Å². The van der Waals surface area contributed by atoms with Gasteiger partial charge in [0.1, 0.15) is 0 Å². The quantitative estimate of drug-likeness (QED) is 0.667. The molecule has 0 saturated heterocycles. The largest absolute Gasteiger partial charge is 0.478 e. The normalized spacial score (nSPS) is 10.6. The summed E-state index contributed by atoms with van der Waals surface area (Å²) in [6, 6.07) is 11.4. The fourth-order valence-corrected chi connectivity index (χ4v) is 2.36. The molecule has 6 nitrogen and oxygen atoms in total. The molecule has 22 heavy (non-hydrogen) atoms. The van der Waals surface area contributed by atoms with Crippen molar-refractivity contribution in [2.24, 2.45) is 0 Å². The van der Waals surface area contributed by atoms with Gasteiger partial charge in [-0.1, -0.05) is 15.9 Å². The third-order valence-corrected chi connectivity index (χ3v) is 3.56. The van der Waals surface area contributed by atoms with Gasteiger partial charge in [-0.25, -0.2) is 9.78 Å². The number of fused-ring (bicyclic) bond motifs is 1. The smallest absolute Gasteiger partial charge is 0.335 e. The van der Waals surface area contributed by atoms with Crippen molar-refractivity contribution >= 4 is 44.4 Å². The number of halogens is 1. The molecule has 0 aliphatic heterocycles. The molecule has 0 unspecified atom stereocenters. The number of aromatic nitrogens is 2. The van der Waals surface area contributed by atoms with Crippen molar-refractivity contribution in [3.05, 3.63) is 62.9 Å². The van der Waals surface area contributed by atoms with Crippen molar-refractivity contribution in [1.82, 2.24) is 9.97 Å². The standard InChI is InChI=1S/C15H10BrN3O3/c16-9-3-6-12-11(7-9)13(20)19-15(18-12)17-10-4-1-8(2-5-10)14(21)22/h1-7H,(H,21,22)(H2,17,18,19,20). The third-order valence-electron chi connectivity index (χ3n) is 3.06. The summed E-state index contributed by atoms with van der Waals surface area (Å²) in [6.07, 6.45) is 0. The number of rotatable bonds is 3. The molecular weight excluding hydrogens is 350 g/mol. The van der Waals surface area contributed by atoms with Gasteiger partial charge in [0.15, 0.2) is 0 Å². The molecule has 0 aliphatic carbocycles. The predicted octanol–water partition coefficient (Wildman–Crippen LogP) is 3.13. The van der Waals surface area contributed by atoms with Crippen LogP contribution in [-0.2, 0) is 0 Å². The number of aromatic carboxylic acids is 1. The highest BCUT2D eigenvalue weighted by Gasteiger charge is 2.06. The first-order chi connectivity index (χ1) is 10.5. The van der Waals surface area contributed by atoms with Gasteiger partial charge < -0.3 is 10.4 Å². The Morgan fingerprint density at radius 1 is 1.18 bits per heavy atom. The lowest BCUT2D eigenvalue weighted by Crippen LogP contribution is -2.11. The van der Waals surface area contributed by atoms with Gasteiger partial charge in [-0.05, 0) is 42.5 Å². The van der Waals surface area contributed by atoms with E-state index in [0.29, 0.717) is 22.5 Å². The van der Waals surface area contributed by atoms with E-state index in [0.717, 1.165) is 4.47 Å². The number of carbonyl (C=O) groups is 1. The van der Waals surface area contributed by atoms with Crippen LogP contribution in [0.25, 0.3) is 10.9 Å². The molecule has 1 aromatic heterocycles. The van der Waals surface area contributed by atoms with Crippen LogP contribution in [0.3, 0.4) is 0 Å². The van der Waals surface area contributed by atoms with Gasteiger partial charge in [0.2, 0.25) is 5.95 Å². The van der Waals surface area contributed by atoms with Crippen LogP contribution in [0.2, 0.25) is 0 Å². The second kappa shape index (κ2) is 5.61. The molecule has 0 atom stereocenters. The molecule has 0 bridgehead atoms. The Balaban J connectivity index is 1.95. The van der Waals surface area contributed by atoms with Crippen LogP contribution in [0.4, 0.5) is 11.6 Å². The van der Waals surface area contributed by atoms with Gasteiger partial charge in [-0.15, -0.1) is 0 Å². The van der Waals surface area contributed by atoms with Crippen molar-refractivity contribution < 1.29 is 9.90 Å². The molecule has 0 saturated carbocycles. The Labute approximate surface area is 133 Å². The van der Waals surface area contributed by atoms with Crippen LogP contribution in [-0.4, -0.2) is 21.0 Å². The van der Waals surface area contributed by atoms with Gasteiger partial charge in [0, 0.05) is 10.2 Å². The van der Waals surface area contributed by atoms with E-state index in [4.69, 9.17) is 5.11 Å². The van der Waals surface area contributed by atoms with Crippen LogP contribution in [0.1, 0.15) is 10.4 Å². The maximum absolute atomic E-state index is 12.1. The zero-order valence-corrected chi connectivity index (χ0v) is 12.7. The Morgan fingerprint density at radius 2 is 1.91 bits per heavy atom. The minimum absolute atomic E-state index is 0.190. The molecule has 0 amide bonds. The number of H-pyrrole nitrogens is 1. The first-order valence-corrected chi connectivity index (χ1v) is 7.12. The van der Waals surface area contributed by atoms with E-state index >= 15 is 0 Å². The first-order valence-electron chi connectivity index (χ1n) is 6.33. The topological polar surface area (TPSA) is 95.1 Å². The third kappa shape index (κ3) is 2.84. The molecule has 1 heterocycles. The molecule has 3 aromatic rings. The summed E-state index contributed by atoms with van der Waals surface area (Å²) in [5, 5.41) is 12.3. The minimum Gasteiger partial charge on any atom is -0.478 e. The predicted molar refractivity (Wildman–Crippen MR) is 86.7 cm³/mol. The monoisotopic (exact) mass is 359 g/mol. The van der Waals surface area contributed by atoms with Crippen LogP contribution < -0.4 is 10.9 Å². The number of anilines is 2. The number of hydrogen-bond acceptors (Lipinski definition) is 4. The number of nitrogens with zero attached hydrogens (tertiary/aromatic N) is 1. The molecular formula is C15H10BrN3O3.